The molecule has 0 heterocycles. The molecule has 0 bridgehead atoms. The van der Waals surface area contributed by atoms with Crippen LogP contribution >= 0.6 is 0 Å². The van der Waals surface area contributed by atoms with Gasteiger partial charge in [0.15, 0.2) is 0 Å². The van der Waals surface area contributed by atoms with Crippen LogP contribution in [-0.2, 0) is 4.74 Å². The Morgan fingerprint density at radius 2 is 2.12 bits per heavy atom. The summed E-state index contributed by atoms with van der Waals surface area (Å²) in [5.41, 5.74) is 6.59. The predicted octanol–water partition coefficient (Wildman–Crippen LogP) is 2.19. The molecule has 0 aliphatic rings. The highest BCUT2D eigenvalue weighted by Gasteiger charge is 2.03. The highest BCUT2D eigenvalue weighted by atomic mass is 16.5. The van der Waals surface area contributed by atoms with E-state index < -0.39 is 0 Å². The minimum Gasteiger partial charge on any atom is -0.490 e. The summed E-state index contributed by atoms with van der Waals surface area (Å²) in [4.78, 5) is 0. The molecule has 0 aromatic heterocycles. The summed E-state index contributed by atoms with van der Waals surface area (Å²) in [5, 5.41) is 8.90. The molecular weight excluding hydrogens is 216 g/mol. The van der Waals surface area contributed by atoms with Crippen LogP contribution in [0.5, 0.6) is 5.75 Å². The summed E-state index contributed by atoms with van der Waals surface area (Å²) in [6, 6.07) is 7.07. The Hall–Kier alpha value is -1.73. The van der Waals surface area contributed by atoms with Crippen molar-refractivity contribution in [1.29, 1.82) is 5.26 Å². The Balaban J connectivity index is 2.39. The highest BCUT2D eigenvalue weighted by molar-refractivity contribution is 5.53. The van der Waals surface area contributed by atoms with Crippen LogP contribution in [0.2, 0.25) is 0 Å². The largest absolute Gasteiger partial charge is 0.490 e. The lowest BCUT2D eigenvalue weighted by molar-refractivity contribution is 0.0818. The molecule has 0 radical (unpaired) electrons. The van der Waals surface area contributed by atoms with Gasteiger partial charge >= 0.3 is 0 Å². The van der Waals surface area contributed by atoms with Gasteiger partial charge in [-0.05, 0) is 24.1 Å². The van der Waals surface area contributed by atoms with E-state index in [0.29, 0.717) is 36.1 Å². The predicted molar refractivity (Wildman–Crippen MR) is 66.7 cm³/mol. The zero-order valence-electron chi connectivity index (χ0n) is 10.3. The first kappa shape index (κ1) is 13.3. The molecule has 1 aromatic rings. The maximum absolute atomic E-state index is 8.90. The van der Waals surface area contributed by atoms with Crippen molar-refractivity contribution in [3.05, 3.63) is 23.8 Å². The van der Waals surface area contributed by atoms with Crippen molar-refractivity contribution in [3.8, 4) is 11.8 Å². The average Bonchev–Trinajstić information content (AvgIpc) is 2.29. The van der Waals surface area contributed by atoms with Crippen LogP contribution in [0.3, 0.4) is 0 Å². The number of ether oxygens (including phenoxy) is 2. The summed E-state index contributed by atoms with van der Waals surface area (Å²) in [7, 11) is 0. The van der Waals surface area contributed by atoms with Crippen LogP contribution in [0.1, 0.15) is 19.4 Å². The molecule has 0 fully saturated rings. The van der Waals surface area contributed by atoms with Gasteiger partial charge in [0.1, 0.15) is 18.4 Å². The van der Waals surface area contributed by atoms with Gasteiger partial charge in [-0.3, -0.25) is 0 Å². The molecule has 4 heteroatoms. The molecule has 0 aliphatic heterocycles. The quantitative estimate of drug-likeness (QED) is 0.605. The Morgan fingerprint density at radius 3 is 2.76 bits per heavy atom. The fraction of sp³-hybridized carbons (Fsp3) is 0.462. The third kappa shape index (κ3) is 4.75. The molecule has 0 amide bonds. The summed E-state index contributed by atoms with van der Waals surface area (Å²) in [5.74, 6) is 1.07. The lowest BCUT2D eigenvalue weighted by Gasteiger charge is -2.10. The molecule has 0 unspecified atom stereocenters. The molecule has 0 aliphatic carbocycles. The number of nitrogen functional groups attached to an aromatic ring is 1. The Labute approximate surface area is 102 Å². The summed E-state index contributed by atoms with van der Waals surface area (Å²) >= 11 is 0. The number of anilines is 1. The lowest BCUT2D eigenvalue weighted by atomic mass is 10.2. The Kier molecular flexibility index (Phi) is 5.31. The number of benzene rings is 1. The standard InChI is InChI=1S/C13H18N2O2/c1-10(2)9-16-5-6-17-13-4-3-12(15)7-11(13)8-14/h3-4,7,10H,5-6,9,15H2,1-2H3. The summed E-state index contributed by atoms with van der Waals surface area (Å²) in [6.45, 7) is 5.86. The van der Waals surface area contributed by atoms with E-state index in [2.05, 4.69) is 13.8 Å². The zero-order chi connectivity index (χ0) is 12.7. The molecule has 0 saturated carbocycles. The molecule has 2 N–H and O–H groups in total. The molecule has 92 valence electrons. The minimum absolute atomic E-state index is 0.436. The number of hydrogen-bond donors (Lipinski definition) is 1. The summed E-state index contributed by atoms with van der Waals surface area (Å²) in [6.07, 6.45) is 0. The van der Waals surface area contributed by atoms with E-state index in [9.17, 15) is 0 Å². The number of rotatable bonds is 6. The first-order valence-electron chi connectivity index (χ1n) is 5.63. The SMILES string of the molecule is CC(C)COCCOc1ccc(N)cc1C#N. The molecule has 0 atom stereocenters. The van der Waals surface area contributed by atoms with E-state index in [4.69, 9.17) is 20.5 Å². The van der Waals surface area contributed by atoms with Gasteiger partial charge < -0.3 is 15.2 Å². The van der Waals surface area contributed by atoms with E-state index in [1.54, 1.807) is 18.2 Å². The first-order chi connectivity index (χ1) is 8.13. The smallest absolute Gasteiger partial charge is 0.137 e. The normalized spacial score (nSPS) is 10.2. The maximum atomic E-state index is 8.90. The van der Waals surface area contributed by atoms with Crippen LogP contribution in [0.4, 0.5) is 5.69 Å². The van der Waals surface area contributed by atoms with Crippen molar-refractivity contribution in [2.24, 2.45) is 5.92 Å². The third-order valence-electron chi connectivity index (χ3n) is 2.06. The second-order valence-corrected chi connectivity index (χ2v) is 4.18. The Morgan fingerprint density at radius 1 is 1.35 bits per heavy atom. The fourth-order valence-corrected chi connectivity index (χ4v) is 1.29. The van der Waals surface area contributed by atoms with Crippen molar-refractivity contribution in [3.63, 3.8) is 0 Å². The van der Waals surface area contributed by atoms with Gasteiger partial charge in [-0.25, -0.2) is 0 Å². The minimum atomic E-state index is 0.436. The number of hydrogen-bond acceptors (Lipinski definition) is 4. The van der Waals surface area contributed by atoms with Crippen LogP contribution < -0.4 is 10.5 Å². The van der Waals surface area contributed by atoms with Crippen LogP contribution in [0, 0.1) is 17.2 Å². The Bertz CT molecular complexity index is 397. The number of nitrogens with zero attached hydrogens (tertiary/aromatic N) is 1. The average molecular weight is 234 g/mol. The van der Waals surface area contributed by atoms with E-state index in [1.807, 2.05) is 6.07 Å². The van der Waals surface area contributed by atoms with E-state index in [-0.39, 0.29) is 0 Å². The van der Waals surface area contributed by atoms with Gasteiger partial charge in [-0.1, -0.05) is 13.8 Å². The van der Waals surface area contributed by atoms with Gasteiger partial charge in [0.05, 0.1) is 12.2 Å². The second kappa shape index (κ2) is 6.77. The summed E-state index contributed by atoms with van der Waals surface area (Å²) < 4.78 is 10.8. The van der Waals surface area contributed by atoms with Crippen molar-refractivity contribution < 1.29 is 9.47 Å². The fourth-order valence-electron chi connectivity index (χ4n) is 1.29. The van der Waals surface area contributed by atoms with Crippen LogP contribution in [0.15, 0.2) is 18.2 Å². The topological polar surface area (TPSA) is 68.3 Å². The van der Waals surface area contributed by atoms with Crippen molar-refractivity contribution in [2.75, 3.05) is 25.6 Å². The van der Waals surface area contributed by atoms with Crippen molar-refractivity contribution in [2.45, 2.75) is 13.8 Å². The van der Waals surface area contributed by atoms with Gasteiger partial charge in [-0.2, -0.15) is 5.26 Å². The van der Waals surface area contributed by atoms with E-state index in [0.717, 1.165) is 6.61 Å². The second-order valence-electron chi connectivity index (χ2n) is 4.18. The van der Waals surface area contributed by atoms with Gasteiger partial charge in [-0.15, -0.1) is 0 Å². The zero-order valence-corrected chi connectivity index (χ0v) is 10.3. The third-order valence-corrected chi connectivity index (χ3v) is 2.06. The molecular formula is C13H18N2O2. The monoisotopic (exact) mass is 234 g/mol. The van der Waals surface area contributed by atoms with Crippen molar-refractivity contribution in [1.82, 2.24) is 0 Å². The van der Waals surface area contributed by atoms with Crippen LogP contribution in [0.25, 0.3) is 0 Å². The molecule has 1 aromatic carbocycles. The molecule has 1 rings (SSSR count). The molecule has 4 nitrogen and oxygen atoms in total. The molecule has 0 saturated heterocycles. The maximum Gasteiger partial charge on any atom is 0.137 e. The van der Waals surface area contributed by atoms with E-state index >= 15 is 0 Å². The van der Waals surface area contributed by atoms with Gasteiger partial charge in [0.25, 0.3) is 0 Å². The molecule has 0 spiro atoms. The number of nitrogens with two attached hydrogens (primary N) is 1. The van der Waals surface area contributed by atoms with Gasteiger partial charge in [0, 0.05) is 12.3 Å². The van der Waals surface area contributed by atoms with Crippen molar-refractivity contribution >= 4 is 5.69 Å². The highest BCUT2D eigenvalue weighted by Crippen LogP contribution is 2.20. The van der Waals surface area contributed by atoms with Gasteiger partial charge in [0.2, 0.25) is 0 Å². The van der Waals surface area contributed by atoms with E-state index in [1.165, 1.54) is 0 Å². The lowest BCUT2D eigenvalue weighted by Crippen LogP contribution is -2.10. The van der Waals surface area contributed by atoms with Crippen LogP contribution in [-0.4, -0.2) is 19.8 Å². The molecule has 17 heavy (non-hydrogen) atoms. The number of nitriles is 1. The first-order valence-corrected chi connectivity index (χ1v) is 5.63.